The number of carboxylic acids is 1. The van der Waals surface area contributed by atoms with E-state index in [1.165, 1.54) is 18.2 Å². The molecule has 2 aromatic carbocycles. The summed E-state index contributed by atoms with van der Waals surface area (Å²) in [6, 6.07) is 12.7. The van der Waals surface area contributed by atoms with Crippen LogP contribution < -0.4 is 10.1 Å². The molecule has 132 valence electrons. The second-order valence-corrected chi connectivity index (χ2v) is 5.82. The lowest BCUT2D eigenvalue weighted by Crippen LogP contribution is -2.13. The van der Waals surface area contributed by atoms with Gasteiger partial charge in [-0.05, 0) is 42.0 Å². The Balaban J connectivity index is 2.11. The van der Waals surface area contributed by atoms with Crippen LogP contribution in [0.2, 0.25) is 10.0 Å². The minimum absolute atomic E-state index is 0.115. The molecule has 0 spiro atoms. The van der Waals surface area contributed by atoms with E-state index in [0.29, 0.717) is 22.0 Å². The molecule has 2 aromatic rings. The van der Waals surface area contributed by atoms with Crippen LogP contribution >= 0.6 is 23.2 Å². The standard InChI is InChI=1S/C18H12Cl2N2O4/c19-15-6-3-13(8-16(15)20)22-18(25)12(9-21)7-11-1-4-14(5-2-11)26-10-17(23)24/h1-8H,10H2,(H,22,25)(H,23,24)/b12-7+. The average Bonchev–Trinajstić information content (AvgIpc) is 2.61. The number of nitrogens with one attached hydrogen (secondary N) is 1. The van der Waals surface area contributed by atoms with Crippen molar-refractivity contribution >= 4 is 46.8 Å². The Morgan fingerprint density at radius 1 is 1.15 bits per heavy atom. The summed E-state index contributed by atoms with van der Waals surface area (Å²) in [6.07, 6.45) is 1.40. The molecule has 0 aliphatic carbocycles. The molecule has 2 N–H and O–H groups in total. The summed E-state index contributed by atoms with van der Waals surface area (Å²) in [6.45, 7) is -0.454. The minimum atomic E-state index is -1.08. The fraction of sp³-hybridized carbons (Fsp3) is 0.0556. The van der Waals surface area contributed by atoms with Gasteiger partial charge >= 0.3 is 5.97 Å². The first-order valence-corrected chi connectivity index (χ1v) is 7.97. The number of rotatable bonds is 6. The summed E-state index contributed by atoms with van der Waals surface area (Å²) in [5.41, 5.74) is 0.867. The highest BCUT2D eigenvalue weighted by Gasteiger charge is 2.10. The maximum Gasteiger partial charge on any atom is 0.341 e. The second kappa shape index (κ2) is 8.90. The number of aliphatic carboxylic acids is 1. The van der Waals surface area contributed by atoms with Gasteiger partial charge in [-0.15, -0.1) is 0 Å². The summed E-state index contributed by atoms with van der Waals surface area (Å²) in [5.74, 6) is -1.32. The Morgan fingerprint density at radius 3 is 2.42 bits per heavy atom. The lowest BCUT2D eigenvalue weighted by atomic mass is 10.1. The molecule has 0 bridgehead atoms. The van der Waals surface area contributed by atoms with Crippen molar-refractivity contribution in [2.75, 3.05) is 11.9 Å². The van der Waals surface area contributed by atoms with Crippen molar-refractivity contribution in [1.82, 2.24) is 0 Å². The van der Waals surface area contributed by atoms with E-state index in [4.69, 9.17) is 33.0 Å². The predicted molar refractivity (Wildman–Crippen MR) is 98.3 cm³/mol. The van der Waals surface area contributed by atoms with Gasteiger partial charge < -0.3 is 15.2 Å². The van der Waals surface area contributed by atoms with Crippen molar-refractivity contribution in [3.05, 3.63) is 63.6 Å². The highest BCUT2D eigenvalue weighted by Crippen LogP contribution is 2.25. The largest absolute Gasteiger partial charge is 0.482 e. The van der Waals surface area contributed by atoms with Crippen LogP contribution in [0.4, 0.5) is 5.69 Å². The zero-order chi connectivity index (χ0) is 19.1. The average molecular weight is 391 g/mol. The number of carboxylic acid groups (broad SMARTS) is 1. The third kappa shape index (κ3) is 5.52. The van der Waals surface area contributed by atoms with Crippen LogP contribution in [0.3, 0.4) is 0 Å². The third-order valence-corrected chi connectivity index (χ3v) is 3.83. The van der Waals surface area contributed by atoms with Gasteiger partial charge in [0, 0.05) is 5.69 Å². The van der Waals surface area contributed by atoms with Crippen molar-refractivity contribution in [3.8, 4) is 11.8 Å². The Hall–Kier alpha value is -3.01. The lowest BCUT2D eigenvalue weighted by Gasteiger charge is -2.06. The molecule has 0 unspecified atom stereocenters. The zero-order valence-corrected chi connectivity index (χ0v) is 14.7. The van der Waals surface area contributed by atoms with Gasteiger partial charge in [-0.25, -0.2) is 4.79 Å². The SMILES string of the molecule is N#C/C(=C\c1ccc(OCC(=O)O)cc1)C(=O)Nc1ccc(Cl)c(Cl)c1. The number of anilines is 1. The Morgan fingerprint density at radius 2 is 1.85 bits per heavy atom. The Kier molecular flexibility index (Phi) is 6.61. The van der Waals surface area contributed by atoms with Crippen LogP contribution in [0, 0.1) is 11.3 Å². The quantitative estimate of drug-likeness (QED) is 0.573. The highest BCUT2D eigenvalue weighted by molar-refractivity contribution is 6.42. The molecule has 0 aliphatic heterocycles. The van der Waals surface area contributed by atoms with Crippen LogP contribution in [-0.4, -0.2) is 23.6 Å². The topological polar surface area (TPSA) is 99.4 Å². The molecule has 0 aliphatic rings. The summed E-state index contributed by atoms with van der Waals surface area (Å²) >= 11 is 11.7. The molecule has 26 heavy (non-hydrogen) atoms. The van der Waals surface area contributed by atoms with Crippen LogP contribution in [0.25, 0.3) is 6.08 Å². The number of carbonyl (C=O) groups is 2. The molecule has 1 amide bonds. The van der Waals surface area contributed by atoms with Crippen molar-refractivity contribution in [2.45, 2.75) is 0 Å². The van der Waals surface area contributed by atoms with Gasteiger partial charge in [0.15, 0.2) is 6.61 Å². The molecule has 0 saturated heterocycles. The summed E-state index contributed by atoms with van der Waals surface area (Å²) in [4.78, 5) is 22.7. The number of nitriles is 1. The number of benzene rings is 2. The van der Waals surface area contributed by atoms with E-state index < -0.39 is 18.5 Å². The number of amides is 1. The van der Waals surface area contributed by atoms with E-state index in [1.54, 1.807) is 30.3 Å². The normalized spacial score (nSPS) is 10.7. The number of halogens is 2. The van der Waals surface area contributed by atoms with Crippen molar-refractivity contribution in [2.24, 2.45) is 0 Å². The van der Waals surface area contributed by atoms with Gasteiger partial charge in [-0.3, -0.25) is 4.79 Å². The second-order valence-electron chi connectivity index (χ2n) is 5.00. The number of hydrogen-bond acceptors (Lipinski definition) is 4. The molecule has 8 heteroatoms. The summed E-state index contributed by atoms with van der Waals surface area (Å²) < 4.78 is 5.01. The first-order valence-electron chi connectivity index (χ1n) is 7.22. The van der Waals surface area contributed by atoms with E-state index in [2.05, 4.69) is 5.32 Å². The van der Waals surface area contributed by atoms with Crippen molar-refractivity contribution in [3.63, 3.8) is 0 Å². The predicted octanol–water partition coefficient (Wildman–Crippen LogP) is 4.00. The molecular formula is C18H12Cl2N2O4. The molecule has 0 radical (unpaired) electrons. The highest BCUT2D eigenvalue weighted by atomic mass is 35.5. The van der Waals surface area contributed by atoms with Crippen LogP contribution in [-0.2, 0) is 9.59 Å². The number of nitrogens with zero attached hydrogens (tertiary/aromatic N) is 1. The fourth-order valence-electron chi connectivity index (χ4n) is 1.89. The van der Waals surface area contributed by atoms with Crippen molar-refractivity contribution in [1.29, 1.82) is 5.26 Å². The van der Waals surface area contributed by atoms with Gasteiger partial charge in [0.2, 0.25) is 0 Å². The maximum atomic E-state index is 12.2. The minimum Gasteiger partial charge on any atom is -0.482 e. The van der Waals surface area contributed by atoms with Gasteiger partial charge in [0.05, 0.1) is 10.0 Å². The zero-order valence-electron chi connectivity index (χ0n) is 13.2. The third-order valence-electron chi connectivity index (χ3n) is 3.10. The van der Waals surface area contributed by atoms with Gasteiger partial charge in [0.25, 0.3) is 5.91 Å². The van der Waals surface area contributed by atoms with Crippen molar-refractivity contribution < 1.29 is 19.4 Å². The molecule has 6 nitrogen and oxygen atoms in total. The van der Waals surface area contributed by atoms with Gasteiger partial charge in [0.1, 0.15) is 17.4 Å². The summed E-state index contributed by atoms with van der Waals surface area (Å²) in [7, 11) is 0. The monoisotopic (exact) mass is 390 g/mol. The lowest BCUT2D eigenvalue weighted by molar-refractivity contribution is -0.139. The van der Waals surface area contributed by atoms with Gasteiger partial charge in [-0.1, -0.05) is 35.3 Å². The summed E-state index contributed by atoms with van der Waals surface area (Å²) in [5, 5.41) is 21.0. The first kappa shape index (κ1) is 19.3. The molecular weight excluding hydrogens is 379 g/mol. The van der Waals surface area contributed by atoms with E-state index in [9.17, 15) is 14.9 Å². The number of carbonyl (C=O) groups excluding carboxylic acids is 1. The Bertz CT molecular complexity index is 902. The molecule has 0 fully saturated rings. The Labute approximate surface area is 159 Å². The number of ether oxygens (including phenoxy) is 1. The maximum absolute atomic E-state index is 12.2. The fourth-order valence-corrected chi connectivity index (χ4v) is 2.19. The van der Waals surface area contributed by atoms with E-state index in [1.807, 2.05) is 6.07 Å². The van der Waals surface area contributed by atoms with Crippen LogP contribution in [0.15, 0.2) is 48.0 Å². The molecule has 0 heterocycles. The van der Waals surface area contributed by atoms with Gasteiger partial charge in [-0.2, -0.15) is 5.26 Å². The smallest absolute Gasteiger partial charge is 0.341 e. The molecule has 0 saturated carbocycles. The first-order chi connectivity index (χ1) is 12.4. The number of hydrogen-bond donors (Lipinski definition) is 2. The van der Waals surface area contributed by atoms with Crippen LogP contribution in [0.5, 0.6) is 5.75 Å². The molecule has 0 aromatic heterocycles. The molecule has 0 atom stereocenters. The van der Waals surface area contributed by atoms with E-state index >= 15 is 0 Å². The molecule has 2 rings (SSSR count). The van der Waals surface area contributed by atoms with E-state index in [-0.39, 0.29) is 10.6 Å². The van der Waals surface area contributed by atoms with E-state index in [0.717, 1.165) is 0 Å². The van der Waals surface area contributed by atoms with Crippen LogP contribution in [0.1, 0.15) is 5.56 Å².